The number of para-hydroxylation sites is 2. The van der Waals surface area contributed by atoms with Gasteiger partial charge in [0, 0.05) is 5.69 Å². The molecule has 0 saturated carbocycles. The highest BCUT2D eigenvalue weighted by Crippen LogP contribution is 2.20. The summed E-state index contributed by atoms with van der Waals surface area (Å²) < 4.78 is 5.19. The van der Waals surface area contributed by atoms with E-state index in [0.29, 0.717) is 22.9 Å². The second kappa shape index (κ2) is 7.44. The SMILES string of the molecule is COc1ccccc1C(=O)Nc1ccc(Nc2ccccc2C)nn1. The second-order valence-electron chi connectivity index (χ2n) is 5.40. The van der Waals surface area contributed by atoms with E-state index >= 15 is 0 Å². The van der Waals surface area contributed by atoms with Gasteiger partial charge in [-0.15, -0.1) is 10.2 Å². The zero-order valence-corrected chi connectivity index (χ0v) is 14.0. The summed E-state index contributed by atoms with van der Waals surface area (Å²) in [4.78, 5) is 12.3. The van der Waals surface area contributed by atoms with E-state index in [0.717, 1.165) is 11.3 Å². The molecule has 0 saturated heterocycles. The van der Waals surface area contributed by atoms with Crippen LogP contribution < -0.4 is 15.4 Å². The Morgan fingerprint density at radius 3 is 2.32 bits per heavy atom. The maximum Gasteiger partial charge on any atom is 0.260 e. The van der Waals surface area contributed by atoms with E-state index < -0.39 is 0 Å². The van der Waals surface area contributed by atoms with Crippen molar-refractivity contribution in [2.75, 3.05) is 17.7 Å². The molecule has 0 aliphatic heterocycles. The molecule has 1 heterocycles. The van der Waals surface area contributed by atoms with Crippen LogP contribution >= 0.6 is 0 Å². The van der Waals surface area contributed by atoms with Gasteiger partial charge in [0.2, 0.25) is 0 Å². The Morgan fingerprint density at radius 1 is 0.920 bits per heavy atom. The lowest BCUT2D eigenvalue weighted by atomic mass is 10.2. The van der Waals surface area contributed by atoms with Crippen LogP contribution in [0.25, 0.3) is 0 Å². The van der Waals surface area contributed by atoms with Gasteiger partial charge in [0.1, 0.15) is 5.75 Å². The molecule has 6 nitrogen and oxygen atoms in total. The number of carbonyl (C=O) groups excluding carboxylic acids is 1. The molecule has 6 heteroatoms. The number of anilines is 3. The summed E-state index contributed by atoms with van der Waals surface area (Å²) in [5.74, 6) is 1.17. The maximum atomic E-state index is 12.3. The summed E-state index contributed by atoms with van der Waals surface area (Å²) in [7, 11) is 1.53. The number of hydrogen-bond donors (Lipinski definition) is 2. The van der Waals surface area contributed by atoms with Gasteiger partial charge in [-0.1, -0.05) is 30.3 Å². The molecule has 126 valence electrons. The molecule has 0 aliphatic rings. The number of nitrogens with one attached hydrogen (secondary N) is 2. The summed E-state index contributed by atoms with van der Waals surface area (Å²) in [6.45, 7) is 2.01. The summed E-state index contributed by atoms with van der Waals surface area (Å²) >= 11 is 0. The van der Waals surface area contributed by atoms with E-state index in [4.69, 9.17) is 4.74 Å². The lowest BCUT2D eigenvalue weighted by Crippen LogP contribution is -2.14. The molecule has 0 atom stereocenters. The minimum Gasteiger partial charge on any atom is -0.496 e. The third-order valence-corrected chi connectivity index (χ3v) is 3.67. The van der Waals surface area contributed by atoms with Crippen molar-refractivity contribution in [2.45, 2.75) is 6.92 Å². The summed E-state index contributed by atoms with van der Waals surface area (Å²) in [6, 6.07) is 18.4. The van der Waals surface area contributed by atoms with Crippen LogP contribution in [-0.4, -0.2) is 23.2 Å². The minimum absolute atomic E-state index is 0.300. The zero-order chi connectivity index (χ0) is 17.6. The predicted octanol–water partition coefficient (Wildman–Crippen LogP) is 3.79. The lowest BCUT2D eigenvalue weighted by molar-refractivity contribution is 0.102. The number of benzene rings is 2. The minimum atomic E-state index is -0.300. The second-order valence-corrected chi connectivity index (χ2v) is 5.40. The number of amides is 1. The van der Waals surface area contributed by atoms with Gasteiger partial charge in [0.05, 0.1) is 12.7 Å². The van der Waals surface area contributed by atoms with Crippen molar-refractivity contribution in [2.24, 2.45) is 0 Å². The molecule has 0 aliphatic carbocycles. The first-order valence-corrected chi connectivity index (χ1v) is 7.78. The van der Waals surface area contributed by atoms with Crippen LogP contribution in [0.4, 0.5) is 17.3 Å². The summed E-state index contributed by atoms with van der Waals surface area (Å²) in [6.07, 6.45) is 0. The Morgan fingerprint density at radius 2 is 1.60 bits per heavy atom. The summed E-state index contributed by atoms with van der Waals surface area (Å²) in [5.41, 5.74) is 2.51. The largest absolute Gasteiger partial charge is 0.496 e. The van der Waals surface area contributed by atoms with Crippen LogP contribution in [0.3, 0.4) is 0 Å². The average Bonchev–Trinajstić information content (AvgIpc) is 2.65. The number of carbonyl (C=O) groups is 1. The van der Waals surface area contributed by atoms with Gasteiger partial charge in [0.25, 0.3) is 5.91 Å². The number of aromatic nitrogens is 2. The van der Waals surface area contributed by atoms with E-state index in [1.165, 1.54) is 7.11 Å². The van der Waals surface area contributed by atoms with E-state index in [2.05, 4.69) is 20.8 Å². The normalized spacial score (nSPS) is 10.2. The van der Waals surface area contributed by atoms with Gasteiger partial charge in [-0.05, 0) is 42.8 Å². The average molecular weight is 334 g/mol. The lowest BCUT2D eigenvalue weighted by Gasteiger charge is -2.10. The van der Waals surface area contributed by atoms with Crippen molar-refractivity contribution in [1.82, 2.24) is 10.2 Å². The molecular formula is C19H18N4O2. The van der Waals surface area contributed by atoms with Crippen LogP contribution in [0.1, 0.15) is 15.9 Å². The Bertz CT molecular complexity index is 879. The number of nitrogens with zero attached hydrogens (tertiary/aromatic N) is 2. The summed E-state index contributed by atoms with van der Waals surface area (Å²) in [5, 5.41) is 14.0. The fraction of sp³-hybridized carbons (Fsp3) is 0.105. The standard InChI is InChI=1S/C19H18N4O2/c1-13-7-3-5-9-15(13)20-17-11-12-18(23-22-17)21-19(24)14-8-4-6-10-16(14)25-2/h3-12H,1-2H3,(H,20,22)(H,21,23,24). The fourth-order valence-corrected chi connectivity index (χ4v) is 2.33. The topological polar surface area (TPSA) is 76.1 Å². The molecule has 1 aromatic heterocycles. The van der Waals surface area contributed by atoms with Crippen molar-refractivity contribution < 1.29 is 9.53 Å². The molecule has 2 N–H and O–H groups in total. The third-order valence-electron chi connectivity index (χ3n) is 3.67. The molecule has 0 fully saturated rings. The number of rotatable bonds is 5. The first-order chi connectivity index (χ1) is 12.2. The molecule has 1 amide bonds. The molecule has 3 rings (SSSR count). The van der Waals surface area contributed by atoms with Gasteiger partial charge >= 0.3 is 0 Å². The molecule has 0 bridgehead atoms. The highest BCUT2D eigenvalue weighted by molar-refractivity contribution is 6.05. The molecule has 25 heavy (non-hydrogen) atoms. The van der Waals surface area contributed by atoms with Gasteiger partial charge in [0.15, 0.2) is 11.6 Å². The molecular weight excluding hydrogens is 316 g/mol. The Balaban J connectivity index is 1.70. The molecule has 0 spiro atoms. The zero-order valence-electron chi connectivity index (χ0n) is 14.0. The van der Waals surface area contributed by atoms with Crippen molar-refractivity contribution >= 4 is 23.2 Å². The fourth-order valence-electron chi connectivity index (χ4n) is 2.33. The van der Waals surface area contributed by atoms with Gasteiger partial charge in [-0.3, -0.25) is 4.79 Å². The van der Waals surface area contributed by atoms with Crippen LogP contribution in [-0.2, 0) is 0 Å². The first kappa shape index (κ1) is 16.4. The van der Waals surface area contributed by atoms with Crippen molar-refractivity contribution in [1.29, 1.82) is 0 Å². The quantitative estimate of drug-likeness (QED) is 0.742. The van der Waals surface area contributed by atoms with Crippen LogP contribution in [0.5, 0.6) is 5.75 Å². The Hall–Kier alpha value is -3.41. The van der Waals surface area contributed by atoms with Crippen LogP contribution in [0.2, 0.25) is 0 Å². The number of ether oxygens (including phenoxy) is 1. The van der Waals surface area contributed by atoms with Crippen molar-refractivity contribution in [3.63, 3.8) is 0 Å². The van der Waals surface area contributed by atoms with Crippen molar-refractivity contribution in [3.8, 4) is 5.75 Å². The van der Waals surface area contributed by atoms with Gasteiger partial charge in [-0.25, -0.2) is 0 Å². The Labute approximate surface area is 145 Å². The highest BCUT2D eigenvalue weighted by atomic mass is 16.5. The van der Waals surface area contributed by atoms with Crippen LogP contribution in [0.15, 0.2) is 60.7 Å². The predicted molar refractivity (Wildman–Crippen MR) is 97.4 cm³/mol. The first-order valence-electron chi connectivity index (χ1n) is 7.78. The van der Waals surface area contributed by atoms with E-state index in [1.807, 2.05) is 31.2 Å². The van der Waals surface area contributed by atoms with Crippen LogP contribution in [0, 0.1) is 6.92 Å². The number of aryl methyl sites for hydroxylation is 1. The molecule has 0 radical (unpaired) electrons. The van der Waals surface area contributed by atoms with Crippen molar-refractivity contribution in [3.05, 3.63) is 71.8 Å². The smallest absolute Gasteiger partial charge is 0.260 e. The highest BCUT2D eigenvalue weighted by Gasteiger charge is 2.12. The third kappa shape index (κ3) is 3.92. The van der Waals surface area contributed by atoms with Gasteiger partial charge in [-0.2, -0.15) is 0 Å². The number of methoxy groups -OCH3 is 1. The van der Waals surface area contributed by atoms with E-state index in [-0.39, 0.29) is 5.91 Å². The molecule has 3 aromatic rings. The number of hydrogen-bond acceptors (Lipinski definition) is 5. The Kier molecular flexibility index (Phi) is 4.89. The monoisotopic (exact) mass is 334 g/mol. The molecule has 2 aromatic carbocycles. The molecule has 0 unspecified atom stereocenters. The van der Waals surface area contributed by atoms with Gasteiger partial charge < -0.3 is 15.4 Å². The maximum absolute atomic E-state index is 12.3. The van der Waals surface area contributed by atoms with E-state index in [1.54, 1.807) is 36.4 Å². The van der Waals surface area contributed by atoms with E-state index in [9.17, 15) is 4.79 Å².